The van der Waals surface area contributed by atoms with Crippen molar-refractivity contribution in [2.45, 2.75) is 20.0 Å². The predicted molar refractivity (Wildman–Crippen MR) is 94.2 cm³/mol. The third-order valence-corrected chi connectivity index (χ3v) is 3.46. The Morgan fingerprint density at radius 1 is 1.22 bits per heavy atom. The summed E-state index contributed by atoms with van der Waals surface area (Å²) in [6.45, 7) is 3.67. The summed E-state index contributed by atoms with van der Waals surface area (Å²) >= 11 is 0. The number of esters is 1. The molecule has 27 heavy (non-hydrogen) atoms. The van der Waals surface area contributed by atoms with Crippen molar-refractivity contribution >= 4 is 23.3 Å². The van der Waals surface area contributed by atoms with Gasteiger partial charge in [-0.25, -0.2) is 4.79 Å². The lowest BCUT2D eigenvalue weighted by atomic mass is 10.2. The number of hydrogen-bond acceptors (Lipinski definition) is 6. The van der Waals surface area contributed by atoms with E-state index in [4.69, 9.17) is 9.47 Å². The van der Waals surface area contributed by atoms with E-state index in [-0.39, 0.29) is 11.3 Å². The Balaban J connectivity index is 1.99. The molecule has 2 aromatic rings. The van der Waals surface area contributed by atoms with E-state index in [1.165, 1.54) is 25.1 Å². The van der Waals surface area contributed by atoms with Gasteiger partial charge in [0.05, 0.1) is 17.1 Å². The summed E-state index contributed by atoms with van der Waals surface area (Å²) in [7, 11) is 0. The fourth-order valence-electron chi connectivity index (χ4n) is 2.11. The Bertz CT molecular complexity index is 853. The van der Waals surface area contributed by atoms with Crippen LogP contribution in [0.5, 0.6) is 5.75 Å². The maximum absolute atomic E-state index is 13.3. The predicted octanol–water partition coefficient (Wildman–Crippen LogP) is 3.32. The van der Waals surface area contributed by atoms with Gasteiger partial charge in [0, 0.05) is 11.8 Å². The number of nitrogens with zero attached hydrogens (tertiary/aromatic N) is 1. The summed E-state index contributed by atoms with van der Waals surface area (Å²) in [5.41, 5.74) is -0.528. The molecule has 2 rings (SSSR count). The van der Waals surface area contributed by atoms with Crippen LogP contribution in [0, 0.1) is 15.9 Å². The molecule has 0 fully saturated rings. The molecule has 1 atom stereocenters. The zero-order chi connectivity index (χ0) is 20.0. The zero-order valence-corrected chi connectivity index (χ0v) is 14.6. The monoisotopic (exact) mass is 376 g/mol. The fourth-order valence-corrected chi connectivity index (χ4v) is 2.11. The second-order valence-corrected chi connectivity index (χ2v) is 5.42. The second kappa shape index (κ2) is 8.75. The van der Waals surface area contributed by atoms with Crippen LogP contribution in [0.15, 0.2) is 42.5 Å². The first-order valence-electron chi connectivity index (χ1n) is 8.00. The number of nitrogens with one attached hydrogen (secondary N) is 1. The molecule has 0 spiro atoms. The highest BCUT2D eigenvalue weighted by molar-refractivity contribution is 5.97. The van der Waals surface area contributed by atoms with Crippen LogP contribution < -0.4 is 10.1 Å². The number of benzene rings is 2. The van der Waals surface area contributed by atoms with Crippen LogP contribution in [0.4, 0.5) is 15.8 Å². The minimum Gasteiger partial charge on any atom is -0.494 e. The molecular formula is C18H17FN2O6. The van der Waals surface area contributed by atoms with Crippen molar-refractivity contribution in [2.24, 2.45) is 0 Å². The molecule has 0 aliphatic rings. The standard InChI is InChI=1S/C18H17FN2O6/c1-3-26-14-7-4-12(5-8-14)18(23)27-11(2)17(22)20-13-6-9-15(19)16(10-13)21(24)25/h4-11H,3H2,1-2H3,(H,20,22)/t11-/m0/s1. The summed E-state index contributed by atoms with van der Waals surface area (Å²) in [4.78, 5) is 34.0. The van der Waals surface area contributed by atoms with Gasteiger partial charge in [0.1, 0.15) is 5.75 Å². The van der Waals surface area contributed by atoms with Gasteiger partial charge in [-0.2, -0.15) is 4.39 Å². The van der Waals surface area contributed by atoms with Gasteiger partial charge in [0.25, 0.3) is 5.91 Å². The van der Waals surface area contributed by atoms with E-state index in [9.17, 15) is 24.1 Å². The van der Waals surface area contributed by atoms with Gasteiger partial charge < -0.3 is 14.8 Å². The lowest BCUT2D eigenvalue weighted by molar-refractivity contribution is -0.387. The molecule has 9 heteroatoms. The molecule has 0 unspecified atom stereocenters. The first-order chi connectivity index (χ1) is 12.8. The van der Waals surface area contributed by atoms with Crippen molar-refractivity contribution < 1.29 is 28.4 Å². The topological polar surface area (TPSA) is 108 Å². The lowest BCUT2D eigenvalue weighted by Gasteiger charge is -2.14. The lowest BCUT2D eigenvalue weighted by Crippen LogP contribution is -2.30. The molecule has 0 saturated carbocycles. The van der Waals surface area contributed by atoms with Crippen LogP contribution in [0.1, 0.15) is 24.2 Å². The Morgan fingerprint density at radius 3 is 2.48 bits per heavy atom. The van der Waals surface area contributed by atoms with E-state index in [0.717, 1.165) is 12.1 Å². The van der Waals surface area contributed by atoms with E-state index in [0.29, 0.717) is 12.4 Å². The highest BCUT2D eigenvalue weighted by Crippen LogP contribution is 2.22. The van der Waals surface area contributed by atoms with E-state index in [2.05, 4.69) is 5.32 Å². The van der Waals surface area contributed by atoms with Crippen molar-refractivity contribution in [2.75, 3.05) is 11.9 Å². The molecule has 1 amide bonds. The molecule has 0 aliphatic carbocycles. The maximum atomic E-state index is 13.3. The van der Waals surface area contributed by atoms with Gasteiger partial charge in [0.15, 0.2) is 6.10 Å². The number of carbonyl (C=O) groups excluding carboxylic acids is 2. The summed E-state index contributed by atoms with van der Waals surface area (Å²) < 4.78 is 23.7. The fraction of sp³-hybridized carbons (Fsp3) is 0.222. The normalized spacial score (nSPS) is 11.4. The van der Waals surface area contributed by atoms with Crippen molar-refractivity contribution in [1.82, 2.24) is 0 Å². The van der Waals surface area contributed by atoms with E-state index >= 15 is 0 Å². The SMILES string of the molecule is CCOc1ccc(C(=O)O[C@@H](C)C(=O)Nc2ccc(F)c([N+](=O)[O-])c2)cc1. The van der Waals surface area contributed by atoms with Gasteiger partial charge in [-0.15, -0.1) is 0 Å². The van der Waals surface area contributed by atoms with Crippen LogP contribution in [0.2, 0.25) is 0 Å². The van der Waals surface area contributed by atoms with Gasteiger partial charge >= 0.3 is 11.7 Å². The minimum atomic E-state index is -1.17. The van der Waals surface area contributed by atoms with Crippen LogP contribution in [0.3, 0.4) is 0 Å². The largest absolute Gasteiger partial charge is 0.494 e. The number of halogens is 1. The second-order valence-electron chi connectivity index (χ2n) is 5.42. The van der Waals surface area contributed by atoms with Gasteiger partial charge in [-0.1, -0.05) is 0 Å². The summed E-state index contributed by atoms with van der Waals surface area (Å²) in [5, 5.41) is 13.1. The van der Waals surface area contributed by atoms with Crippen LogP contribution >= 0.6 is 0 Å². The quantitative estimate of drug-likeness (QED) is 0.451. The van der Waals surface area contributed by atoms with Crippen LogP contribution in [0.25, 0.3) is 0 Å². The van der Waals surface area contributed by atoms with Crippen LogP contribution in [-0.4, -0.2) is 29.5 Å². The number of nitro groups is 1. The number of nitro benzene ring substituents is 1. The third-order valence-electron chi connectivity index (χ3n) is 3.46. The molecule has 1 N–H and O–H groups in total. The van der Waals surface area contributed by atoms with Gasteiger partial charge in [0.2, 0.25) is 5.82 Å². The van der Waals surface area contributed by atoms with E-state index in [1.54, 1.807) is 12.1 Å². The molecule has 8 nitrogen and oxygen atoms in total. The first-order valence-corrected chi connectivity index (χ1v) is 8.00. The summed E-state index contributed by atoms with van der Waals surface area (Å²) in [5.74, 6) is -1.85. The number of anilines is 1. The average Bonchev–Trinajstić information content (AvgIpc) is 2.63. The number of ether oxygens (including phenoxy) is 2. The summed E-state index contributed by atoms with van der Waals surface area (Å²) in [6, 6.07) is 9.12. The molecule has 0 saturated heterocycles. The third kappa shape index (κ3) is 5.24. The minimum absolute atomic E-state index is 0.0112. The van der Waals surface area contributed by atoms with E-state index in [1.807, 2.05) is 6.92 Å². The van der Waals surface area contributed by atoms with Crippen molar-refractivity contribution in [3.05, 3.63) is 64.0 Å². The molecule has 0 aliphatic heterocycles. The molecule has 142 valence electrons. The number of amides is 1. The van der Waals surface area contributed by atoms with Gasteiger partial charge in [-0.3, -0.25) is 14.9 Å². The van der Waals surface area contributed by atoms with Crippen molar-refractivity contribution in [1.29, 1.82) is 0 Å². The van der Waals surface area contributed by atoms with Crippen molar-refractivity contribution in [3.8, 4) is 5.75 Å². The Hall–Kier alpha value is -3.49. The smallest absolute Gasteiger partial charge is 0.338 e. The molecule has 2 aromatic carbocycles. The van der Waals surface area contributed by atoms with Gasteiger partial charge in [-0.05, 0) is 50.2 Å². The molecular weight excluding hydrogens is 359 g/mol. The molecule has 0 aromatic heterocycles. The maximum Gasteiger partial charge on any atom is 0.338 e. The number of hydrogen-bond donors (Lipinski definition) is 1. The van der Waals surface area contributed by atoms with Crippen LogP contribution in [-0.2, 0) is 9.53 Å². The van der Waals surface area contributed by atoms with Crippen molar-refractivity contribution in [3.63, 3.8) is 0 Å². The summed E-state index contributed by atoms with van der Waals surface area (Å²) in [6.07, 6.45) is -1.17. The zero-order valence-electron chi connectivity index (χ0n) is 14.6. The Labute approximate surface area is 154 Å². The molecule has 0 bridgehead atoms. The molecule has 0 heterocycles. The Morgan fingerprint density at radius 2 is 1.89 bits per heavy atom. The first kappa shape index (κ1) is 19.8. The molecule has 0 radical (unpaired) electrons. The highest BCUT2D eigenvalue weighted by atomic mass is 19.1. The Kier molecular flexibility index (Phi) is 6.42. The number of carbonyl (C=O) groups is 2. The number of rotatable bonds is 7. The highest BCUT2D eigenvalue weighted by Gasteiger charge is 2.21. The van der Waals surface area contributed by atoms with E-state index < -0.39 is 34.4 Å². The average molecular weight is 376 g/mol.